The van der Waals surface area contributed by atoms with Crippen LogP contribution in [0.1, 0.15) is 17.1 Å². The van der Waals surface area contributed by atoms with Gasteiger partial charge in [0.1, 0.15) is 22.5 Å². The van der Waals surface area contributed by atoms with Gasteiger partial charge < -0.3 is 11.1 Å². The second-order valence-corrected chi connectivity index (χ2v) is 4.11. The fourth-order valence-electron chi connectivity index (χ4n) is 1.31. The molecular formula is C10H10N6S. The van der Waals surface area contributed by atoms with Gasteiger partial charge >= 0.3 is 0 Å². The van der Waals surface area contributed by atoms with Crippen LogP contribution in [0.25, 0.3) is 0 Å². The minimum Gasteiger partial charge on any atom is -0.382 e. The maximum atomic E-state index is 8.90. The SMILES string of the molecule is Cc1nccc(CNc2snc(N)c2C#N)n1. The molecule has 0 saturated heterocycles. The van der Waals surface area contributed by atoms with E-state index in [-0.39, 0.29) is 5.82 Å². The van der Waals surface area contributed by atoms with Crippen LogP contribution >= 0.6 is 11.5 Å². The number of nitrogens with zero attached hydrogens (tertiary/aromatic N) is 4. The molecule has 0 saturated carbocycles. The molecule has 0 unspecified atom stereocenters. The quantitative estimate of drug-likeness (QED) is 0.846. The predicted octanol–water partition coefficient (Wildman–Crippen LogP) is 1.31. The van der Waals surface area contributed by atoms with Crippen LogP contribution in [0.5, 0.6) is 0 Å². The van der Waals surface area contributed by atoms with E-state index in [1.807, 2.05) is 19.1 Å². The van der Waals surface area contributed by atoms with E-state index >= 15 is 0 Å². The monoisotopic (exact) mass is 246 g/mol. The summed E-state index contributed by atoms with van der Waals surface area (Å²) in [6, 6.07) is 3.84. The lowest BCUT2D eigenvalue weighted by molar-refractivity contribution is 0.957. The topological polar surface area (TPSA) is 101 Å². The van der Waals surface area contributed by atoms with E-state index in [0.717, 1.165) is 5.69 Å². The smallest absolute Gasteiger partial charge is 0.157 e. The van der Waals surface area contributed by atoms with Crippen LogP contribution in [0.4, 0.5) is 10.8 Å². The van der Waals surface area contributed by atoms with Crippen LogP contribution in [0, 0.1) is 18.3 Å². The number of aryl methyl sites for hydroxylation is 1. The number of nitrogens with one attached hydrogen (secondary N) is 1. The van der Waals surface area contributed by atoms with Gasteiger partial charge in [-0.25, -0.2) is 9.97 Å². The Kier molecular flexibility index (Phi) is 3.16. The number of hydrogen-bond acceptors (Lipinski definition) is 7. The molecule has 0 aliphatic heterocycles. The Morgan fingerprint density at radius 2 is 2.41 bits per heavy atom. The van der Waals surface area contributed by atoms with Crippen LogP contribution in [-0.2, 0) is 6.54 Å². The first-order chi connectivity index (χ1) is 8.20. The van der Waals surface area contributed by atoms with Gasteiger partial charge in [-0.2, -0.15) is 9.64 Å². The van der Waals surface area contributed by atoms with Crippen LogP contribution in [0.2, 0.25) is 0 Å². The van der Waals surface area contributed by atoms with E-state index < -0.39 is 0 Å². The standard InChI is InChI=1S/C10H10N6S/c1-6-13-3-2-7(15-6)5-14-10-8(4-11)9(12)16-17-10/h2-3,14H,5H2,1H3,(H2,12,16). The van der Waals surface area contributed by atoms with Crippen molar-refractivity contribution < 1.29 is 0 Å². The molecule has 2 rings (SSSR count). The summed E-state index contributed by atoms with van der Waals surface area (Å²) in [5.74, 6) is 0.979. The van der Waals surface area contributed by atoms with E-state index in [1.54, 1.807) is 6.20 Å². The molecule has 0 aliphatic rings. The lowest BCUT2D eigenvalue weighted by Crippen LogP contribution is -2.03. The van der Waals surface area contributed by atoms with E-state index in [2.05, 4.69) is 19.7 Å². The van der Waals surface area contributed by atoms with Crippen molar-refractivity contribution in [1.29, 1.82) is 5.26 Å². The van der Waals surface area contributed by atoms with Crippen molar-refractivity contribution in [2.75, 3.05) is 11.1 Å². The van der Waals surface area contributed by atoms with Gasteiger partial charge in [-0.3, -0.25) is 0 Å². The Bertz CT molecular complexity index is 570. The molecule has 2 aromatic rings. The molecule has 0 radical (unpaired) electrons. The van der Waals surface area contributed by atoms with Crippen molar-refractivity contribution in [1.82, 2.24) is 14.3 Å². The highest BCUT2D eigenvalue weighted by Gasteiger charge is 2.10. The van der Waals surface area contributed by atoms with Crippen LogP contribution in [0.3, 0.4) is 0 Å². The molecular weight excluding hydrogens is 236 g/mol. The summed E-state index contributed by atoms with van der Waals surface area (Å²) in [6.45, 7) is 2.34. The van der Waals surface area contributed by atoms with Crippen molar-refractivity contribution in [3.8, 4) is 6.07 Å². The highest BCUT2D eigenvalue weighted by atomic mass is 32.1. The van der Waals surface area contributed by atoms with Crippen LogP contribution in [-0.4, -0.2) is 14.3 Å². The van der Waals surface area contributed by atoms with Crippen molar-refractivity contribution in [3.63, 3.8) is 0 Å². The number of anilines is 2. The number of hydrogen-bond donors (Lipinski definition) is 2. The summed E-state index contributed by atoms with van der Waals surface area (Å²) in [5, 5.41) is 12.7. The third-order valence-electron chi connectivity index (χ3n) is 2.09. The zero-order valence-corrected chi connectivity index (χ0v) is 9.95. The Hall–Kier alpha value is -2.20. The number of nitrogen functional groups attached to an aromatic ring is 1. The van der Waals surface area contributed by atoms with Gasteiger partial charge in [-0.1, -0.05) is 0 Å². The third-order valence-corrected chi connectivity index (χ3v) is 2.91. The van der Waals surface area contributed by atoms with Gasteiger partial charge in [-0.15, -0.1) is 0 Å². The predicted molar refractivity (Wildman–Crippen MR) is 65.3 cm³/mol. The maximum Gasteiger partial charge on any atom is 0.157 e. The Morgan fingerprint density at radius 3 is 3.12 bits per heavy atom. The largest absolute Gasteiger partial charge is 0.382 e. The summed E-state index contributed by atoms with van der Waals surface area (Å²) < 4.78 is 3.92. The van der Waals surface area contributed by atoms with Crippen LogP contribution in [0.15, 0.2) is 12.3 Å². The second kappa shape index (κ2) is 4.76. The summed E-state index contributed by atoms with van der Waals surface area (Å²) >= 11 is 1.17. The van der Waals surface area contributed by atoms with E-state index in [1.165, 1.54) is 11.5 Å². The van der Waals surface area contributed by atoms with Gasteiger partial charge in [0.05, 0.1) is 12.2 Å². The molecule has 6 nitrogen and oxygen atoms in total. The minimum absolute atomic E-state index is 0.263. The molecule has 0 atom stereocenters. The molecule has 2 heterocycles. The molecule has 0 amide bonds. The molecule has 17 heavy (non-hydrogen) atoms. The Balaban J connectivity index is 2.10. The molecule has 86 valence electrons. The zero-order valence-electron chi connectivity index (χ0n) is 9.14. The first kappa shape index (κ1) is 11.3. The molecule has 0 aromatic carbocycles. The number of aromatic nitrogens is 3. The highest BCUT2D eigenvalue weighted by Crippen LogP contribution is 2.25. The van der Waals surface area contributed by atoms with Crippen LogP contribution < -0.4 is 11.1 Å². The van der Waals surface area contributed by atoms with Gasteiger partial charge in [0.15, 0.2) is 5.82 Å². The van der Waals surface area contributed by atoms with Gasteiger partial charge in [0.25, 0.3) is 0 Å². The molecule has 0 aliphatic carbocycles. The lowest BCUT2D eigenvalue weighted by atomic mass is 10.3. The summed E-state index contributed by atoms with van der Waals surface area (Å²) in [5.41, 5.74) is 6.80. The minimum atomic E-state index is 0.263. The van der Waals surface area contributed by atoms with Crippen molar-refractivity contribution in [2.45, 2.75) is 13.5 Å². The zero-order chi connectivity index (χ0) is 12.3. The normalized spacial score (nSPS) is 9.88. The third kappa shape index (κ3) is 2.49. The summed E-state index contributed by atoms with van der Waals surface area (Å²) in [7, 11) is 0. The molecule has 2 aromatic heterocycles. The summed E-state index contributed by atoms with van der Waals surface area (Å²) in [6.07, 6.45) is 1.70. The molecule has 0 spiro atoms. The Labute approximate surface area is 102 Å². The molecule has 3 N–H and O–H groups in total. The molecule has 0 bridgehead atoms. The molecule has 7 heteroatoms. The van der Waals surface area contributed by atoms with E-state index in [4.69, 9.17) is 11.0 Å². The lowest BCUT2D eigenvalue weighted by Gasteiger charge is -2.03. The van der Waals surface area contributed by atoms with E-state index in [0.29, 0.717) is 22.9 Å². The number of nitrogens with two attached hydrogens (primary N) is 1. The first-order valence-corrected chi connectivity index (χ1v) is 5.65. The van der Waals surface area contributed by atoms with E-state index in [9.17, 15) is 0 Å². The van der Waals surface area contributed by atoms with Crippen molar-refractivity contribution in [2.24, 2.45) is 0 Å². The number of nitriles is 1. The van der Waals surface area contributed by atoms with Gasteiger partial charge in [-0.05, 0) is 24.5 Å². The number of rotatable bonds is 3. The fourth-order valence-corrected chi connectivity index (χ4v) is 1.96. The first-order valence-electron chi connectivity index (χ1n) is 4.88. The van der Waals surface area contributed by atoms with Crippen molar-refractivity contribution in [3.05, 3.63) is 29.3 Å². The van der Waals surface area contributed by atoms with Gasteiger partial charge in [0.2, 0.25) is 0 Å². The molecule has 0 fully saturated rings. The second-order valence-electron chi connectivity index (χ2n) is 3.33. The van der Waals surface area contributed by atoms with Crippen molar-refractivity contribution >= 4 is 22.4 Å². The Morgan fingerprint density at radius 1 is 1.59 bits per heavy atom. The maximum absolute atomic E-state index is 8.90. The fraction of sp³-hybridized carbons (Fsp3) is 0.200. The van der Waals surface area contributed by atoms with Gasteiger partial charge in [0, 0.05) is 6.20 Å². The average molecular weight is 246 g/mol. The average Bonchev–Trinajstić information content (AvgIpc) is 2.67. The summed E-state index contributed by atoms with van der Waals surface area (Å²) in [4.78, 5) is 8.26. The highest BCUT2D eigenvalue weighted by molar-refractivity contribution is 7.10.